The monoisotopic (exact) mass is 505 g/mol. The van der Waals surface area contributed by atoms with Crippen LogP contribution in [0.3, 0.4) is 0 Å². The first-order chi connectivity index (χ1) is 16.9. The first-order valence-electron chi connectivity index (χ1n) is 11.3. The molecule has 0 unspecified atom stereocenters. The van der Waals surface area contributed by atoms with Crippen LogP contribution in [0.5, 0.6) is 11.5 Å². The highest BCUT2D eigenvalue weighted by Crippen LogP contribution is 2.33. The van der Waals surface area contributed by atoms with E-state index in [-0.39, 0.29) is 0 Å². The maximum atomic E-state index is 6.72. The predicted octanol–water partition coefficient (Wildman–Crippen LogP) is 7.51. The second kappa shape index (κ2) is 11.7. The lowest BCUT2D eigenvalue weighted by Crippen LogP contribution is -2.38. The zero-order valence-electron chi connectivity index (χ0n) is 19.5. The van der Waals surface area contributed by atoms with Crippen molar-refractivity contribution >= 4 is 30.5 Å². The number of nitrogens with two attached hydrogens (primary N) is 1. The Morgan fingerprint density at radius 1 is 0.657 bits per heavy atom. The van der Waals surface area contributed by atoms with Crippen LogP contribution in [0.2, 0.25) is 10.0 Å². The smallest absolute Gasteiger partial charge is 0.501 e. The Labute approximate surface area is 216 Å². The summed E-state index contributed by atoms with van der Waals surface area (Å²) in [6.07, 6.45) is -0.564. The van der Waals surface area contributed by atoms with Crippen LogP contribution in [0.25, 0.3) is 0 Å². The second-order valence-corrected chi connectivity index (χ2v) is 9.06. The van der Waals surface area contributed by atoms with Gasteiger partial charge in [0.1, 0.15) is 11.5 Å². The average Bonchev–Trinajstić information content (AvgIpc) is 2.87. The number of aryl methyl sites for hydroxylation is 2. The summed E-state index contributed by atoms with van der Waals surface area (Å²) in [5.74, 6) is 1.01. The van der Waals surface area contributed by atoms with Crippen LogP contribution in [0.15, 0.2) is 97.1 Å². The van der Waals surface area contributed by atoms with E-state index < -0.39 is 19.5 Å². The quantitative estimate of drug-likeness (QED) is 0.239. The third-order valence-corrected chi connectivity index (χ3v) is 6.46. The summed E-state index contributed by atoms with van der Waals surface area (Å²) in [5.41, 5.74) is 10.4. The van der Waals surface area contributed by atoms with Gasteiger partial charge in [0, 0.05) is 10.0 Å². The Bertz CT molecular complexity index is 1200. The molecule has 2 atom stereocenters. The Hall–Kier alpha value is -2.96. The van der Waals surface area contributed by atoms with E-state index in [1.54, 1.807) is 12.1 Å². The Balaban J connectivity index is 1.68. The molecule has 0 bridgehead atoms. The van der Waals surface area contributed by atoms with Crippen molar-refractivity contribution in [2.75, 3.05) is 0 Å². The van der Waals surface area contributed by atoms with Crippen LogP contribution in [0.1, 0.15) is 34.4 Å². The topological polar surface area (TPSA) is 53.7 Å². The van der Waals surface area contributed by atoms with E-state index in [0.29, 0.717) is 21.5 Å². The molecule has 4 aromatic carbocycles. The summed E-state index contributed by atoms with van der Waals surface area (Å²) in [5, 5.41) is 1.17. The van der Waals surface area contributed by atoms with Gasteiger partial charge in [-0.2, -0.15) is 0 Å². The first-order valence-corrected chi connectivity index (χ1v) is 12.0. The summed E-state index contributed by atoms with van der Waals surface area (Å²) in [6, 6.07) is 29.9. The second-order valence-electron chi connectivity index (χ2n) is 8.25. The zero-order chi connectivity index (χ0) is 24.8. The van der Waals surface area contributed by atoms with Crippen molar-refractivity contribution in [1.29, 1.82) is 0 Å². The average molecular weight is 506 g/mol. The summed E-state index contributed by atoms with van der Waals surface area (Å²) in [7, 11) is -1.13. The van der Waals surface area contributed by atoms with Gasteiger partial charge in [0.2, 0.25) is 0 Å². The fourth-order valence-electron chi connectivity index (χ4n) is 3.58. The molecule has 0 heterocycles. The van der Waals surface area contributed by atoms with Crippen LogP contribution in [-0.2, 0) is 4.65 Å². The van der Waals surface area contributed by atoms with Gasteiger partial charge in [-0.3, -0.25) is 0 Å². The summed E-state index contributed by atoms with van der Waals surface area (Å²) >= 11 is 12.7. The molecule has 0 saturated carbocycles. The first kappa shape index (κ1) is 25.1. The normalized spacial score (nSPS) is 12.6. The molecular formula is C28H26BCl2NO3. The number of hydrogen-bond donors (Lipinski definition) is 1. The molecule has 0 aliphatic carbocycles. The van der Waals surface area contributed by atoms with E-state index in [9.17, 15) is 0 Å². The van der Waals surface area contributed by atoms with E-state index in [4.69, 9.17) is 42.9 Å². The van der Waals surface area contributed by atoms with E-state index >= 15 is 0 Å². The highest BCUT2D eigenvalue weighted by Gasteiger charge is 2.35. The van der Waals surface area contributed by atoms with Crippen LogP contribution >= 0.6 is 23.2 Å². The molecule has 0 aliphatic heterocycles. The van der Waals surface area contributed by atoms with Crippen molar-refractivity contribution < 1.29 is 14.0 Å². The predicted molar refractivity (Wildman–Crippen MR) is 143 cm³/mol. The van der Waals surface area contributed by atoms with Crippen LogP contribution < -0.4 is 15.0 Å². The SMILES string of the molecule is Cc1ccc(OB(Oc2ccc(C)c(Cl)c2)O[C@H](c2ccccc2)[C@H](N)c2ccccc2)cc1Cl. The third-order valence-electron chi connectivity index (χ3n) is 5.65. The molecule has 0 aromatic heterocycles. The molecule has 4 aromatic rings. The third kappa shape index (κ3) is 6.59. The molecule has 2 N–H and O–H groups in total. The van der Waals surface area contributed by atoms with E-state index in [0.717, 1.165) is 22.3 Å². The van der Waals surface area contributed by atoms with Gasteiger partial charge in [-0.05, 0) is 60.4 Å². The van der Waals surface area contributed by atoms with Gasteiger partial charge in [-0.1, -0.05) is 96.0 Å². The zero-order valence-corrected chi connectivity index (χ0v) is 21.0. The van der Waals surface area contributed by atoms with E-state index in [1.807, 2.05) is 98.8 Å². The van der Waals surface area contributed by atoms with Gasteiger partial charge < -0.3 is 19.7 Å². The van der Waals surface area contributed by atoms with Crippen LogP contribution in [0, 0.1) is 13.8 Å². The summed E-state index contributed by atoms with van der Waals surface area (Å²) in [4.78, 5) is 0. The lowest BCUT2D eigenvalue weighted by molar-refractivity contribution is 0.109. The Kier molecular flexibility index (Phi) is 8.37. The number of rotatable bonds is 9. The van der Waals surface area contributed by atoms with Gasteiger partial charge in [-0.15, -0.1) is 0 Å². The van der Waals surface area contributed by atoms with Gasteiger partial charge >= 0.3 is 7.32 Å². The molecule has 0 radical (unpaired) electrons. The van der Waals surface area contributed by atoms with Crippen molar-refractivity contribution in [1.82, 2.24) is 0 Å². The number of hydrogen-bond acceptors (Lipinski definition) is 4. The molecule has 0 spiro atoms. The molecule has 35 heavy (non-hydrogen) atoms. The molecule has 0 aliphatic rings. The maximum absolute atomic E-state index is 6.72. The van der Waals surface area contributed by atoms with Gasteiger partial charge in [0.15, 0.2) is 0 Å². The Morgan fingerprint density at radius 3 is 1.57 bits per heavy atom. The van der Waals surface area contributed by atoms with Crippen molar-refractivity contribution in [2.45, 2.75) is 26.0 Å². The largest absolute Gasteiger partial charge is 0.788 e. The minimum absolute atomic E-state index is 0.475. The fraction of sp³-hybridized carbons (Fsp3) is 0.143. The molecule has 0 fully saturated rings. The summed E-state index contributed by atoms with van der Waals surface area (Å²) < 4.78 is 18.7. The molecule has 0 amide bonds. The fourth-order valence-corrected chi connectivity index (χ4v) is 3.92. The highest BCUT2D eigenvalue weighted by atomic mass is 35.5. The van der Waals surface area contributed by atoms with E-state index in [1.165, 1.54) is 0 Å². The molecule has 4 nitrogen and oxygen atoms in total. The van der Waals surface area contributed by atoms with Crippen LogP contribution in [0.4, 0.5) is 0 Å². The number of benzene rings is 4. The lowest BCUT2D eigenvalue weighted by Gasteiger charge is -2.28. The van der Waals surface area contributed by atoms with Crippen molar-refractivity contribution in [3.8, 4) is 11.5 Å². The highest BCUT2D eigenvalue weighted by molar-refractivity contribution is 6.39. The lowest BCUT2D eigenvalue weighted by atomic mass is 9.95. The maximum Gasteiger partial charge on any atom is 0.788 e. The molecular weight excluding hydrogens is 480 g/mol. The number of halogens is 2. The molecule has 4 rings (SSSR count). The van der Waals surface area contributed by atoms with Gasteiger partial charge in [0.25, 0.3) is 0 Å². The van der Waals surface area contributed by atoms with Crippen molar-refractivity contribution in [2.24, 2.45) is 5.73 Å². The molecule has 7 heteroatoms. The van der Waals surface area contributed by atoms with Crippen LogP contribution in [-0.4, -0.2) is 7.32 Å². The summed E-state index contributed by atoms with van der Waals surface area (Å²) in [6.45, 7) is 3.85. The molecule has 178 valence electrons. The minimum atomic E-state index is -1.13. The molecule has 0 saturated heterocycles. The van der Waals surface area contributed by atoms with Crippen molar-refractivity contribution in [3.63, 3.8) is 0 Å². The van der Waals surface area contributed by atoms with E-state index in [2.05, 4.69) is 0 Å². The van der Waals surface area contributed by atoms with Gasteiger partial charge in [0.05, 0.1) is 12.1 Å². The standard InChI is InChI=1S/C28H26BCl2NO3/c1-19-13-15-23(17-25(19)30)33-29(34-24-16-14-20(2)26(31)18-24)35-28(22-11-7-4-8-12-22)27(32)21-9-5-3-6-10-21/h3-18,27-28H,32H2,1-2H3/t27-,28-/m1/s1. The minimum Gasteiger partial charge on any atom is -0.501 e. The van der Waals surface area contributed by atoms with Crippen molar-refractivity contribution in [3.05, 3.63) is 129 Å². The van der Waals surface area contributed by atoms with Gasteiger partial charge in [-0.25, -0.2) is 0 Å². The Morgan fingerprint density at radius 2 is 1.11 bits per heavy atom.